The molecule has 0 saturated heterocycles. The number of ether oxygens (including phenoxy) is 1. The fourth-order valence-electron chi connectivity index (χ4n) is 1.25. The van der Waals surface area contributed by atoms with Crippen LogP contribution in [0.1, 0.15) is 0 Å². The van der Waals surface area contributed by atoms with Crippen LogP contribution in [0.15, 0.2) is 18.2 Å². The van der Waals surface area contributed by atoms with Gasteiger partial charge in [-0.05, 0) is 12.1 Å². The summed E-state index contributed by atoms with van der Waals surface area (Å²) in [4.78, 5) is 1.45. The molecule has 2 N–H and O–H groups in total. The number of alkyl halides is 2. The van der Waals surface area contributed by atoms with E-state index in [1.54, 1.807) is 25.2 Å². The van der Waals surface area contributed by atoms with Crippen molar-refractivity contribution in [3.8, 4) is 5.75 Å². The summed E-state index contributed by atoms with van der Waals surface area (Å²) < 4.78 is 29.3. The molecule has 1 aromatic rings. The maximum Gasteiger partial charge on any atom is 0.255 e. The minimum atomic E-state index is -2.36. The van der Waals surface area contributed by atoms with Gasteiger partial charge in [-0.25, -0.2) is 8.78 Å². The molecule has 0 saturated carbocycles. The fraction of sp³-hybridized carbons (Fsp3) is 0.400. The molecule has 1 aromatic carbocycles. The van der Waals surface area contributed by atoms with Crippen LogP contribution in [0.3, 0.4) is 0 Å². The lowest BCUT2D eigenvalue weighted by Gasteiger charge is -2.19. The summed E-state index contributed by atoms with van der Waals surface area (Å²) in [6.45, 7) is -0.312. The van der Waals surface area contributed by atoms with Crippen molar-refractivity contribution in [1.82, 2.24) is 0 Å². The molecule has 0 radical (unpaired) electrons. The molecule has 0 spiro atoms. The molecule has 5 heteroatoms. The number of hydrogen-bond donors (Lipinski definition) is 1. The third kappa shape index (κ3) is 2.97. The van der Waals surface area contributed by atoms with Crippen LogP contribution in [0.2, 0.25) is 0 Å². The van der Waals surface area contributed by atoms with E-state index in [4.69, 9.17) is 10.5 Å². The van der Waals surface area contributed by atoms with Gasteiger partial charge in [-0.2, -0.15) is 0 Å². The van der Waals surface area contributed by atoms with Crippen molar-refractivity contribution in [3.63, 3.8) is 0 Å². The highest BCUT2D eigenvalue weighted by molar-refractivity contribution is 5.62. The Morgan fingerprint density at radius 2 is 2.13 bits per heavy atom. The van der Waals surface area contributed by atoms with Crippen molar-refractivity contribution in [2.75, 3.05) is 31.3 Å². The highest BCUT2D eigenvalue weighted by Gasteiger charge is 2.10. The van der Waals surface area contributed by atoms with Crippen LogP contribution in [0.4, 0.5) is 20.2 Å². The largest absolute Gasteiger partial charge is 0.495 e. The Balaban J connectivity index is 2.85. The molecule has 0 aliphatic rings. The summed E-state index contributed by atoms with van der Waals surface area (Å²) in [6.07, 6.45) is -2.36. The number of benzene rings is 1. The normalized spacial score (nSPS) is 10.5. The second-order valence-corrected chi connectivity index (χ2v) is 3.20. The molecule has 1 rings (SSSR count). The second kappa shape index (κ2) is 4.82. The highest BCUT2D eigenvalue weighted by Crippen LogP contribution is 2.26. The number of anilines is 2. The first kappa shape index (κ1) is 11.6. The standard InChI is InChI=1S/C10H14F2N2O/c1-14(6-10(11)12)7-3-4-8(13)9(5-7)15-2/h3-5,10H,6,13H2,1-2H3. The molecule has 0 bridgehead atoms. The van der Waals surface area contributed by atoms with Gasteiger partial charge in [-0.3, -0.25) is 0 Å². The van der Waals surface area contributed by atoms with Crippen molar-refractivity contribution in [1.29, 1.82) is 0 Å². The molecule has 0 heterocycles. The van der Waals surface area contributed by atoms with E-state index in [9.17, 15) is 8.78 Å². The Hall–Kier alpha value is -1.52. The monoisotopic (exact) mass is 216 g/mol. The van der Waals surface area contributed by atoms with Crippen LogP contribution in [0.5, 0.6) is 5.75 Å². The zero-order chi connectivity index (χ0) is 11.4. The molecule has 3 nitrogen and oxygen atoms in total. The summed E-state index contributed by atoms with van der Waals surface area (Å²) in [5.74, 6) is 0.494. The van der Waals surface area contributed by atoms with E-state index in [1.165, 1.54) is 12.0 Å². The van der Waals surface area contributed by atoms with E-state index in [-0.39, 0.29) is 6.54 Å². The van der Waals surface area contributed by atoms with Gasteiger partial charge < -0.3 is 15.4 Å². The van der Waals surface area contributed by atoms with Crippen molar-refractivity contribution in [2.45, 2.75) is 6.43 Å². The van der Waals surface area contributed by atoms with Crippen molar-refractivity contribution < 1.29 is 13.5 Å². The molecular weight excluding hydrogens is 202 g/mol. The maximum atomic E-state index is 12.1. The molecule has 0 unspecified atom stereocenters. The number of nitrogens with zero attached hydrogens (tertiary/aromatic N) is 1. The van der Waals surface area contributed by atoms with E-state index in [0.717, 1.165) is 0 Å². The predicted molar refractivity (Wildman–Crippen MR) is 56.7 cm³/mol. The lowest BCUT2D eigenvalue weighted by Crippen LogP contribution is -2.23. The quantitative estimate of drug-likeness (QED) is 0.782. The molecule has 0 aromatic heterocycles. The summed E-state index contributed by atoms with van der Waals surface area (Å²) in [5, 5.41) is 0. The Morgan fingerprint density at radius 1 is 1.47 bits per heavy atom. The number of nitrogen functional groups attached to an aromatic ring is 1. The van der Waals surface area contributed by atoms with Crippen LogP contribution in [-0.4, -0.2) is 27.1 Å². The van der Waals surface area contributed by atoms with Gasteiger partial charge in [0.05, 0.1) is 19.3 Å². The first-order valence-electron chi connectivity index (χ1n) is 4.47. The summed E-state index contributed by atoms with van der Waals surface area (Å²) in [6, 6.07) is 4.95. The van der Waals surface area contributed by atoms with Gasteiger partial charge in [-0.15, -0.1) is 0 Å². The van der Waals surface area contributed by atoms with E-state index < -0.39 is 6.43 Å². The summed E-state index contributed by atoms with van der Waals surface area (Å²) in [5.41, 5.74) is 6.76. The molecule has 84 valence electrons. The number of halogens is 2. The highest BCUT2D eigenvalue weighted by atomic mass is 19.3. The fourth-order valence-corrected chi connectivity index (χ4v) is 1.25. The molecule has 0 atom stereocenters. The minimum absolute atomic E-state index is 0.312. The maximum absolute atomic E-state index is 12.1. The van der Waals surface area contributed by atoms with Crippen LogP contribution in [0.25, 0.3) is 0 Å². The Morgan fingerprint density at radius 3 is 2.67 bits per heavy atom. The minimum Gasteiger partial charge on any atom is -0.495 e. The Kier molecular flexibility index (Phi) is 3.71. The van der Waals surface area contributed by atoms with Gasteiger partial charge in [0, 0.05) is 18.8 Å². The van der Waals surface area contributed by atoms with Gasteiger partial charge in [0.25, 0.3) is 6.43 Å². The van der Waals surface area contributed by atoms with Crippen molar-refractivity contribution >= 4 is 11.4 Å². The van der Waals surface area contributed by atoms with E-state index in [0.29, 0.717) is 17.1 Å². The van der Waals surface area contributed by atoms with Crippen molar-refractivity contribution in [2.24, 2.45) is 0 Å². The molecule has 0 aliphatic carbocycles. The topological polar surface area (TPSA) is 38.5 Å². The second-order valence-electron chi connectivity index (χ2n) is 3.20. The summed E-state index contributed by atoms with van der Waals surface area (Å²) >= 11 is 0. The van der Waals surface area contributed by atoms with Gasteiger partial charge in [0.2, 0.25) is 0 Å². The van der Waals surface area contributed by atoms with Gasteiger partial charge in [0.1, 0.15) is 5.75 Å². The SMILES string of the molecule is COc1cc(N(C)CC(F)F)ccc1N. The zero-order valence-electron chi connectivity index (χ0n) is 8.71. The average molecular weight is 216 g/mol. The molecule has 0 fully saturated rings. The van der Waals surface area contributed by atoms with Crippen LogP contribution < -0.4 is 15.4 Å². The zero-order valence-corrected chi connectivity index (χ0v) is 8.71. The smallest absolute Gasteiger partial charge is 0.255 e. The Labute approximate surface area is 87.4 Å². The van der Waals surface area contributed by atoms with E-state index in [2.05, 4.69) is 0 Å². The number of methoxy groups -OCH3 is 1. The lowest BCUT2D eigenvalue weighted by molar-refractivity contribution is 0.156. The number of hydrogen-bond acceptors (Lipinski definition) is 3. The van der Waals surface area contributed by atoms with Gasteiger partial charge in [0.15, 0.2) is 0 Å². The summed E-state index contributed by atoms with van der Waals surface area (Å²) in [7, 11) is 3.08. The Bertz CT molecular complexity index is 331. The van der Waals surface area contributed by atoms with Crippen LogP contribution in [0, 0.1) is 0 Å². The van der Waals surface area contributed by atoms with Gasteiger partial charge in [-0.1, -0.05) is 0 Å². The molecule has 0 amide bonds. The number of rotatable bonds is 4. The van der Waals surface area contributed by atoms with Crippen LogP contribution >= 0.6 is 0 Å². The first-order valence-corrected chi connectivity index (χ1v) is 4.47. The van der Waals surface area contributed by atoms with E-state index in [1.807, 2.05) is 0 Å². The molecular formula is C10H14F2N2O. The van der Waals surface area contributed by atoms with Gasteiger partial charge >= 0.3 is 0 Å². The number of nitrogens with two attached hydrogens (primary N) is 1. The van der Waals surface area contributed by atoms with E-state index >= 15 is 0 Å². The van der Waals surface area contributed by atoms with Crippen LogP contribution in [-0.2, 0) is 0 Å². The average Bonchev–Trinajstić information content (AvgIpc) is 2.17. The van der Waals surface area contributed by atoms with Crippen molar-refractivity contribution in [3.05, 3.63) is 18.2 Å². The predicted octanol–water partition coefficient (Wildman–Crippen LogP) is 1.98. The first-order chi connectivity index (χ1) is 7.04. The molecule has 15 heavy (non-hydrogen) atoms. The third-order valence-corrected chi connectivity index (χ3v) is 2.07. The molecule has 0 aliphatic heterocycles. The third-order valence-electron chi connectivity index (χ3n) is 2.07. The lowest BCUT2D eigenvalue weighted by atomic mass is 10.2.